The van der Waals surface area contributed by atoms with Gasteiger partial charge in [0.1, 0.15) is 17.2 Å². The van der Waals surface area contributed by atoms with E-state index in [9.17, 15) is 4.79 Å². The number of amides is 1. The quantitative estimate of drug-likeness (QED) is 0.309. The summed E-state index contributed by atoms with van der Waals surface area (Å²) in [6, 6.07) is 20.1. The van der Waals surface area contributed by atoms with Crippen molar-refractivity contribution in [3.05, 3.63) is 83.0 Å². The number of hydrogen-bond donors (Lipinski definition) is 1. The molecule has 0 saturated heterocycles. The van der Waals surface area contributed by atoms with Gasteiger partial charge in [-0.05, 0) is 54.4 Å². The highest BCUT2D eigenvalue weighted by Gasteiger charge is 2.21. The molecule has 9 heteroatoms. The number of carbonyl (C=O) groups is 1. The van der Waals surface area contributed by atoms with Gasteiger partial charge in [0.15, 0.2) is 11.5 Å². The Kier molecular flexibility index (Phi) is 8.20. The SMILES string of the molecule is COc1ccc(-c2cc(C(=O)NCCc3ccc(OC)c(OC)c3)n(-c3ccccc3Cl)n2)c(OC)c1. The van der Waals surface area contributed by atoms with Crippen LogP contribution in [0.5, 0.6) is 23.0 Å². The minimum Gasteiger partial charge on any atom is -0.497 e. The number of benzene rings is 3. The second kappa shape index (κ2) is 11.7. The summed E-state index contributed by atoms with van der Waals surface area (Å²) < 4.78 is 23.1. The number of nitrogens with one attached hydrogen (secondary N) is 1. The molecule has 192 valence electrons. The summed E-state index contributed by atoms with van der Waals surface area (Å²) in [5, 5.41) is 8.18. The molecule has 0 atom stereocenters. The van der Waals surface area contributed by atoms with E-state index in [0.29, 0.717) is 63.6 Å². The van der Waals surface area contributed by atoms with Gasteiger partial charge >= 0.3 is 0 Å². The van der Waals surface area contributed by atoms with E-state index in [-0.39, 0.29) is 5.91 Å². The van der Waals surface area contributed by atoms with E-state index in [1.54, 1.807) is 51.3 Å². The topological polar surface area (TPSA) is 83.8 Å². The van der Waals surface area contributed by atoms with E-state index in [1.807, 2.05) is 48.5 Å². The minimum atomic E-state index is -0.286. The van der Waals surface area contributed by atoms with Crippen LogP contribution >= 0.6 is 11.6 Å². The van der Waals surface area contributed by atoms with Crippen LogP contribution in [0, 0.1) is 0 Å². The fraction of sp³-hybridized carbons (Fsp3) is 0.214. The number of methoxy groups -OCH3 is 4. The minimum absolute atomic E-state index is 0.286. The molecule has 4 aromatic rings. The van der Waals surface area contributed by atoms with Gasteiger partial charge in [0.25, 0.3) is 5.91 Å². The van der Waals surface area contributed by atoms with E-state index in [2.05, 4.69) is 5.32 Å². The summed E-state index contributed by atoms with van der Waals surface area (Å²) >= 11 is 6.47. The second-order valence-corrected chi connectivity index (χ2v) is 8.45. The highest BCUT2D eigenvalue weighted by Crippen LogP contribution is 2.34. The average Bonchev–Trinajstić information content (AvgIpc) is 3.37. The predicted molar refractivity (Wildman–Crippen MR) is 143 cm³/mol. The molecule has 0 aliphatic heterocycles. The van der Waals surface area contributed by atoms with E-state index < -0.39 is 0 Å². The van der Waals surface area contributed by atoms with Crippen LogP contribution in [0.3, 0.4) is 0 Å². The molecule has 8 nitrogen and oxygen atoms in total. The predicted octanol–water partition coefficient (Wildman–Crippen LogP) is 5.20. The Bertz CT molecular complexity index is 1400. The maximum absolute atomic E-state index is 13.4. The molecule has 1 N–H and O–H groups in total. The molecular formula is C28H28ClN3O5. The summed E-state index contributed by atoms with van der Waals surface area (Å²) in [6.45, 7) is 0.406. The number of hydrogen-bond acceptors (Lipinski definition) is 6. The van der Waals surface area contributed by atoms with Crippen LogP contribution in [0.15, 0.2) is 66.7 Å². The molecule has 37 heavy (non-hydrogen) atoms. The largest absolute Gasteiger partial charge is 0.497 e. The normalized spacial score (nSPS) is 10.6. The number of rotatable bonds is 10. The molecule has 4 rings (SSSR count). The van der Waals surface area contributed by atoms with Crippen LogP contribution in [0.1, 0.15) is 16.1 Å². The molecule has 3 aromatic carbocycles. The lowest BCUT2D eigenvalue weighted by Gasteiger charge is -2.11. The van der Waals surface area contributed by atoms with Crippen molar-refractivity contribution in [2.45, 2.75) is 6.42 Å². The first-order valence-electron chi connectivity index (χ1n) is 11.6. The van der Waals surface area contributed by atoms with E-state index in [0.717, 1.165) is 5.56 Å². The van der Waals surface area contributed by atoms with Crippen molar-refractivity contribution >= 4 is 17.5 Å². The Morgan fingerprint density at radius 2 is 1.62 bits per heavy atom. The van der Waals surface area contributed by atoms with Crippen molar-refractivity contribution < 1.29 is 23.7 Å². The highest BCUT2D eigenvalue weighted by atomic mass is 35.5. The lowest BCUT2D eigenvalue weighted by Crippen LogP contribution is -2.28. The highest BCUT2D eigenvalue weighted by molar-refractivity contribution is 6.32. The molecule has 0 fully saturated rings. The molecule has 0 spiro atoms. The van der Waals surface area contributed by atoms with Gasteiger partial charge in [-0.2, -0.15) is 5.10 Å². The van der Waals surface area contributed by atoms with E-state index >= 15 is 0 Å². The summed E-state index contributed by atoms with van der Waals surface area (Å²) in [4.78, 5) is 13.4. The zero-order chi connectivity index (χ0) is 26.4. The van der Waals surface area contributed by atoms with Crippen LogP contribution in [-0.4, -0.2) is 50.7 Å². The summed E-state index contributed by atoms with van der Waals surface area (Å²) in [7, 11) is 6.35. The fourth-order valence-corrected chi connectivity index (χ4v) is 4.15. The molecule has 0 bridgehead atoms. The van der Waals surface area contributed by atoms with Crippen molar-refractivity contribution in [3.8, 4) is 39.9 Å². The second-order valence-electron chi connectivity index (χ2n) is 8.04. The van der Waals surface area contributed by atoms with Crippen LogP contribution in [0.2, 0.25) is 5.02 Å². The van der Waals surface area contributed by atoms with Crippen LogP contribution in [0.25, 0.3) is 16.9 Å². The zero-order valence-electron chi connectivity index (χ0n) is 21.1. The van der Waals surface area contributed by atoms with Gasteiger partial charge in [-0.25, -0.2) is 4.68 Å². The first-order valence-corrected chi connectivity index (χ1v) is 11.9. The van der Waals surface area contributed by atoms with Crippen LogP contribution < -0.4 is 24.3 Å². The Morgan fingerprint density at radius 1 is 0.865 bits per heavy atom. The molecule has 1 heterocycles. The molecular weight excluding hydrogens is 494 g/mol. The van der Waals surface area contributed by atoms with E-state index in [1.165, 1.54) is 0 Å². The lowest BCUT2D eigenvalue weighted by molar-refractivity contribution is 0.0946. The molecule has 0 unspecified atom stereocenters. The third-order valence-corrected chi connectivity index (χ3v) is 6.17. The Hall–Kier alpha value is -4.17. The standard InChI is InChI=1S/C28H28ClN3O5/c1-34-19-10-11-20(26(16-19)36-3)22-17-24(32(31-22)23-8-6-5-7-21(23)29)28(33)30-14-13-18-9-12-25(35-2)27(15-18)37-4/h5-12,15-17H,13-14H2,1-4H3,(H,30,33). The van der Waals surface area contributed by atoms with Gasteiger partial charge in [-0.15, -0.1) is 0 Å². The molecule has 1 aromatic heterocycles. The monoisotopic (exact) mass is 521 g/mol. The number of para-hydroxylation sites is 1. The van der Waals surface area contributed by atoms with Crippen LogP contribution in [0.4, 0.5) is 0 Å². The van der Waals surface area contributed by atoms with Gasteiger partial charge < -0.3 is 24.3 Å². The van der Waals surface area contributed by atoms with Crippen LogP contribution in [-0.2, 0) is 6.42 Å². The van der Waals surface area contributed by atoms with Crippen molar-refractivity contribution in [1.82, 2.24) is 15.1 Å². The van der Waals surface area contributed by atoms with Gasteiger partial charge in [0, 0.05) is 18.2 Å². The summed E-state index contributed by atoms with van der Waals surface area (Å²) in [5.41, 5.74) is 3.21. The summed E-state index contributed by atoms with van der Waals surface area (Å²) in [5.74, 6) is 2.23. The number of carbonyl (C=O) groups excluding carboxylic acids is 1. The Balaban J connectivity index is 1.63. The molecule has 1 amide bonds. The lowest BCUT2D eigenvalue weighted by atomic mass is 10.1. The number of ether oxygens (including phenoxy) is 4. The fourth-order valence-electron chi connectivity index (χ4n) is 3.94. The molecule has 0 aliphatic rings. The maximum Gasteiger partial charge on any atom is 0.270 e. The smallest absolute Gasteiger partial charge is 0.270 e. The molecule has 0 saturated carbocycles. The van der Waals surface area contributed by atoms with E-state index in [4.69, 9.17) is 35.6 Å². The van der Waals surface area contributed by atoms with Gasteiger partial charge in [-0.1, -0.05) is 29.8 Å². The van der Waals surface area contributed by atoms with Gasteiger partial charge in [0.05, 0.1) is 44.8 Å². The third-order valence-electron chi connectivity index (χ3n) is 5.85. The average molecular weight is 522 g/mol. The first-order chi connectivity index (χ1) is 18.0. The zero-order valence-corrected chi connectivity index (χ0v) is 21.8. The summed E-state index contributed by atoms with van der Waals surface area (Å²) in [6.07, 6.45) is 0.603. The maximum atomic E-state index is 13.4. The number of halogens is 1. The van der Waals surface area contributed by atoms with Crippen molar-refractivity contribution in [2.24, 2.45) is 0 Å². The van der Waals surface area contributed by atoms with Gasteiger partial charge in [-0.3, -0.25) is 4.79 Å². The van der Waals surface area contributed by atoms with Gasteiger partial charge in [0.2, 0.25) is 0 Å². The number of nitrogens with zero attached hydrogens (tertiary/aromatic N) is 2. The Labute approximate surface area is 220 Å². The first kappa shape index (κ1) is 25.9. The Morgan fingerprint density at radius 3 is 2.32 bits per heavy atom. The van der Waals surface area contributed by atoms with Crippen molar-refractivity contribution in [3.63, 3.8) is 0 Å². The number of aromatic nitrogens is 2. The van der Waals surface area contributed by atoms with Crippen molar-refractivity contribution in [2.75, 3.05) is 35.0 Å². The van der Waals surface area contributed by atoms with Crippen molar-refractivity contribution in [1.29, 1.82) is 0 Å². The molecule has 0 radical (unpaired) electrons. The molecule has 0 aliphatic carbocycles. The third kappa shape index (κ3) is 5.65.